The standard InChI is InChI=1S/C63H62N4O/c1-6-16-48(17-7-2)49-26-28-52(29-27-49)61-64-65-62(68-61)53-30-36-54(37-31-53)63(4,5)43-42-47-19-15-25-60(45-47)67(56-22-12-9-13-23-56)58-40-34-51(35-41-58)50-32-38-57(39-33-50)66(55-20-10-8-11-21-55)59-24-14-18-46(3)44-59/h6,8-10,12-13,15-17,19-20,22-41,44-45H,7,11,14,18,21,42-43H2,1-5H3/b16-6-,48-17+. The van der Waals surface area contributed by atoms with E-state index in [4.69, 9.17) is 4.42 Å². The molecule has 9 rings (SSSR count). The molecule has 340 valence electrons. The third-order valence-corrected chi connectivity index (χ3v) is 13.2. The van der Waals surface area contributed by atoms with Crippen LogP contribution >= 0.6 is 0 Å². The van der Waals surface area contributed by atoms with Crippen LogP contribution in [0.2, 0.25) is 0 Å². The summed E-state index contributed by atoms with van der Waals surface area (Å²) < 4.78 is 6.19. The zero-order chi connectivity index (χ0) is 46.9. The van der Waals surface area contributed by atoms with Gasteiger partial charge in [0.15, 0.2) is 0 Å². The lowest BCUT2D eigenvalue weighted by molar-refractivity contribution is 0.480. The summed E-state index contributed by atoms with van der Waals surface area (Å²) in [5.74, 6) is 1.04. The molecule has 1 heterocycles. The minimum Gasteiger partial charge on any atom is -0.416 e. The smallest absolute Gasteiger partial charge is 0.248 e. The topological polar surface area (TPSA) is 45.4 Å². The molecule has 0 saturated carbocycles. The Labute approximate surface area is 403 Å². The Bertz CT molecular complexity index is 3000. The van der Waals surface area contributed by atoms with Crippen molar-refractivity contribution in [3.8, 4) is 34.0 Å². The molecule has 0 spiro atoms. The fraction of sp³-hybridized carbons (Fsp3) is 0.206. The van der Waals surface area contributed by atoms with Crippen LogP contribution in [-0.4, -0.2) is 10.2 Å². The van der Waals surface area contributed by atoms with Crippen molar-refractivity contribution < 1.29 is 4.42 Å². The van der Waals surface area contributed by atoms with Gasteiger partial charge in [-0.05, 0) is 183 Å². The Morgan fingerprint density at radius 3 is 1.90 bits per heavy atom. The molecule has 2 aliphatic carbocycles. The fourth-order valence-electron chi connectivity index (χ4n) is 9.33. The first-order valence-corrected chi connectivity index (χ1v) is 24.3. The van der Waals surface area contributed by atoms with Crippen LogP contribution in [0.1, 0.15) is 89.8 Å². The Morgan fingerprint density at radius 2 is 1.28 bits per heavy atom. The van der Waals surface area contributed by atoms with Gasteiger partial charge in [0, 0.05) is 45.3 Å². The lowest BCUT2D eigenvalue weighted by atomic mass is 9.79. The molecule has 5 heteroatoms. The lowest BCUT2D eigenvalue weighted by Gasteiger charge is -2.31. The van der Waals surface area contributed by atoms with Crippen LogP contribution in [0, 0.1) is 0 Å². The zero-order valence-corrected chi connectivity index (χ0v) is 40.2. The summed E-state index contributed by atoms with van der Waals surface area (Å²) in [6.07, 6.45) is 25.1. The molecule has 0 bridgehead atoms. The van der Waals surface area contributed by atoms with Crippen molar-refractivity contribution in [3.63, 3.8) is 0 Å². The summed E-state index contributed by atoms with van der Waals surface area (Å²) in [5.41, 5.74) is 17.7. The molecule has 0 unspecified atom stereocenters. The number of aryl methyl sites for hydroxylation is 1. The molecule has 68 heavy (non-hydrogen) atoms. The molecule has 0 amide bonds. The minimum absolute atomic E-state index is 0.0620. The maximum atomic E-state index is 6.19. The summed E-state index contributed by atoms with van der Waals surface area (Å²) in [6.45, 7) is 11.1. The number of rotatable bonds is 16. The third-order valence-electron chi connectivity index (χ3n) is 13.2. The van der Waals surface area contributed by atoms with Crippen molar-refractivity contribution in [2.24, 2.45) is 0 Å². The lowest BCUT2D eigenvalue weighted by Crippen LogP contribution is -2.22. The van der Waals surface area contributed by atoms with Gasteiger partial charge in [0.05, 0.1) is 0 Å². The highest BCUT2D eigenvalue weighted by Crippen LogP contribution is 2.39. The first-order valence-electron chi connectivity index (χ1n) is 24.3. The highest BCUT2D eigenvalue weighted by molar-refractivity contribution is 5.79. The van der Waals surface area contributed by atoms with Crippen LogP contribution in [0.4, 0.5) is 22.7 Å². The molecule has 2 aliphatic rings. The minimum atomic E-state index is -0.0620. The molecule has 0 aliphatic heterocycles. The maximum Gasteiger partial charge on any atom is 0.248 e. The second-order valence-corrected chi connectivity index (χ2v) is 18.6. The number of allylic oxidation sites excluding steroid dienone is 11. The van der Waals surface area contributed by atoms with Crippen LogP contribution in [0.15, 0.2) is 222 Å². The van der Waals surface area contributed by atoms with Crippen LogP contribution < -0.4 is 9.80 Å². The summed E-state index contributed by atoms with van der Waals surface area (Å²) in [6, 6.07) is 54.7. The van der Waals surface area contributed by atoms with E-state index >= 15 is 0 Å². The van der Waals surface area contributed by atoms with Gasteiger partial charge >= 0.3 is 0 Å². The summed E-state index contributed by atoms with van der Waals surface area (Å²) >= 11 is 0. The highest BCUT2D eigenvalue weighted by Gasteiger charge is 2.23. The van der Waals surface area contributed by atoms with Crippen molar-refractivity contribution in [1.29, 1.82) is 0 Å². The Kier molecular flexibility index (Phi) is 14.1. The average molecular weight is 891 g/mol. The quantitative estimate of drug-likeness (QED) is 0.0905. The number of nitrogens with zero attached hydrogens (tertiary/aromatic N) is 4. The first kappa shape index (κ1) is 45.6. The van der Waals surface area contributed by atoms with Crippen molar-refractivity contribution in [1.82, 2.24) is 10.2 Å². The molecule has 5 nitrogen and oxygen atoms in total. The van der Waals surface area contributed by atoms with E-state index in [9.17, 15) is 0 Å². The maximum absolute atomic E-state index is 6.19. The number of hydrogen-bond acceptors (Lipinski definition) is 5. The Morgan fingerprint density at radius 1 is 0.662 bits per heavy atom. The predicted molar refractivity (Wildman–Crippen MR) is 286 cm³/mol. The number of para-hydroxylation sites is 1. The van der Waals surface area contributed by atoms with Crippen LogP contribution in [0.5, 0.6) is 0 Å². The molecule has 1 aromatic heterocycles. The Hall–Kier alpha value is -7.50. The van der Waals surface area contributed by atoms with Gasteiger partial charge in [-0.25, -0.2) is 0 Å². The monoisotopic (exact) mass is 890 g/mol. The fourth-order valence-corrected chi connectivity index (χ4v) is 9.33. The molecular formula is C63H62N4O. The first-order chi connectivity index (χ1) is 33.3. The van der Waals surface area contributed by atoms with Crippen molar-refractivity contribution in [3.05, 3.63) is 234 Å². The molecule has 0 fully saturated rings. The zero-order valence-electron chi connectivity index (χ0n) is 40.2. The molecule has 7 aromatic rings. The van der Waals surface area contributed by atoms with E-state index in [-0.39, 0.29) is 5.41 Å². The van der Waals surface area contributed by atoms with E-state index in [1.165, 1.54) is 56.0 Å². The van der Waals surface area contributed by atoms with Crippen LogP contribution in [-0.2, 0) is 11.8 Å². The SMILES string of the molecule is C/C=C\C(=C/CC)c1ccc(-c2nnc(-c3ccc(C(C)(C)CCc4cccc(N(c5ccccc5)c5ccc(-c6ccc(N(C7=CCCC(C)=C7)C7=CC=CCC7)cc6)cc5)c4)cc3)o2)cc1. The molecular weight excluding hydrogens is 829 g/mol. The van der Waals surface area contributed by atoms with Gasteiger partial charge in [0.2, 0.25) is 11.8 Å². The van der Waals surface area contributed by atoms with Crippen molar-refractivity contribution in [2.75, 3.05) is 9.80 Å². The van der Waals surface area contributed by atoms with E-state index in [1.807, 2.05) is 19.1 Å². The van der Waals surface area contributed by atoms with Gasteiger partial charge in [0.1, 0.15) is 0 Å². The number of aromatic nitrogens is 2. The van der Waals surface area contributed by atoms with E-state index in [0.29, 0.717) is 11.8 Å². The van der Waals surface area contributed by atoms with Gasteiger partial charge in [0.25, 0.3) is 0 Å². The van der Waals surface area contributed by atoms with Crippen LogP contribution in [0.25, 0.3) is 39.6 Å². The molecule has 0 saturated heterocycles. The number of anilines is 4. The van der Waals surface area contributed by atoms with Crippen molar-refractivity contribution >= 4 is 28.3 Å². The van der Waals surface area contributed by atoms with E-state index in [1.54, 1.807) is 0 Å². The molecule has 0 N–H and O–H groups in total. The average Bonchev–Trinajstić information content (AvgIpc) is 3.88. The van der Waals surface area contributed by atoms with E-state index in [0.717, 1.165) is 73.1 Å². The number of hydrogen-bond donors (Lipinski definition) is 0. The summed E-state index contributed by atoms with van der Waals surface area (Å²) in [7, 11) is 0. The predicted octanol–water partition coefficient (Wildman–Crippen LogP) is 17.5. The van der Waals surface area contributed by atoms with Gasteiger partial charge in [-0.2, -0.15) is 0 Å². The molecule has 0 atom stereocenters. The van der Waals surface area contributed by atoms with Crippen molar-refractivity contribution in [2.45, 2.75) is 85.0 Å². The summed E-state index contributed by atoms with van der Waals surface area (Å²) in [4.78, 5) is 4.81. The van der Waals surface area contributed by atoms with E-state index < -0.39 is 0 Å². The molecule has 6 aromatic carbocycles. The second kappa shape index (κ2) is 21.0. The van der Waals surface area contributed by atoms with E-state index in [2.05, 4.69) is 236 Å². The van der Waals surface area contributed by atoms with Crippen LogP contribution in [0.3, 0.4) is 0 Å². The Balaban J connectivity index is 0.883. The van der Waals surface area contributed by atoms with Gasteiger partial charge in [-0.15, -0.1) is 10.2 Å². The van der Waals surface area contributed by atoms with Gasteiger partial charge < -0.3 is 14.2 Å². The summed E-state index contributed by atoms with van der Waals surface area (Å²) in [5, 5.41) is 8.81. The van der Waals surface area contributed by atoms with Gasteiger partial charge in [-0.1, -0.05) is 142 Å². The third kappa shape index (κ3) is 10.5. The largest absolute Gasteiger partial charge is 0.416 e. The molecule has 0 radical (unpaired) electrons. The number of benzene rings is 6. The van der Waals surface area contributed by atoms with Gasteiger partial charge in [-0.3, -0.25) is 0 Å². The highest BCUT2D eigenvalue weighted by atomic mass is 16.4. The normalized spacial score (nSPS) is 14.1. The second-order valence-electron chi connectivity index (χ2n) is 18.6.